The average molecular weight is 252 g/mol. The summed E-state index contributed by atoms with van der Waals surface area (Å²) in [6.45, 7) is 4.03. The van der Waals surface area contributed by atoms with Crippen molar-refractivity contribution >= 4 is 11.6 Å². The predicted molar refractivity (Wildman–Crippen MR) is 66.5 cm³/mol. The standard InChI is InChI=1S/C12H14ClN3O/c1-7(2)10(14)11-15-12(17-16-11)8-4-3-5-9(13)6-8/h3-7,10H,14H2,1-2H3. The van der Waals surface area contributed by atoms with Crippen LogP contribution in [0.15, 0.2) is 28.8 Å². The molecule has 0 bridgehead atoms. The Morgan fingerprint density at radius 3 is 2.76 bits per heavy atom. The van der Waals surface area contributed by atoms with Gasteiger partial charge in [0.1, 0.15) is 0 Å². The van der Waals surface area contributed by atoms with E-state index in [4.69, 9.17) is 21.9 Å². The molecule has 1 aromatic heterocycles. The molecule has 0 amide bonds. The fourth-order valence-electron chi connectivity index (χ4n) is 1.41. The van der Waals surface area contributed by atoms with E-state index in [1.807, 2.05) is 26.0 Å². The number of rotatable bonds is 3. The van der Waals surface area contributed by atoms with Crippen molar-refractivity contribution in [1.29, 1.82) is 0 Å². The molecule has 1 atom stereocenters. The Morgan fingerprint density at radius 1 is 1.35 bits per heavy atom. The molecular formula is C12H14ClN3O. The highest BCUT2D eigenvalue weighted by Crippen LogP contribution is 2.23. The first-order valence-electron chi connectivity index (χ1n) is 5.43. The zero-order valence-corrected chi connectivity index (χ0v) is 10.5. The first-order chi connectivity index (χ1) is 8.08. The minimum Gasteiger partial charge on any atom is -0.334 e. The third-order valence-electron chi connectivity index (χ3n) is 2.53. The van der Waals surface area contributed by atoms with Crippen molar-refractivity contribution in [2.45, 2.75) is 19.9 Å². The molecule has 0 fully saturated rings. The van der Waals surface area contributed by atoms with Crippen molar-refractivity contribution in [3.05, 3.63) is 35.1 Å². The van der Waals surface area contributed by atoms with Gasteiger partial charge in [-0.1, -0.05) is 36.7 Å². The second-order valence-corrected chi connectivity index (χ2v) is 4.67. The quantitative estimate of drug-likeness (QED) is 0.911. The summed E-state index contributed by atoms with van der Waals surface area (Å²) in [7, 11) is 0. The zero-order valence-electron chi connectivity index (χ0n) is 9.72. The minimum absolute atomic E-state index is 0.216. The molecule has 0 radical (unpaired) electrons. The lowest BCUT2D eigenvalue weighted by Crippen LogP contribution is -2.18. The molecule has 2 N–H and O–H groups in total. The van der Waals surface area contributed by atoms with E-state index in [-0.39, 0.29) is 12.0 Å². The molecule has 1 aromatic carbocycles. The van der Waals surface area contributed by atoms with E-state index >= 15 is 0 Å². The molecule has 4 nitrogen and oxygen atoms in total. The van der Waals surface area contributed by atoms with Gasteiger partial charge in [-0.3, -0.25) is 0 Å². The summed E-state index contributed by atoms with van der Waals surface area (Å²) in [6.07, 6.45) is 0. The van der Waals surface area contributed by atoms with Crippen LogP contribution in [0.5, 0.6) is 0 Å². The van der Waals surface area contributed by atoms with Crippen LogP contribution in [0.25, 0.3) is 11.5 Å². The first kappa shape index (κ1) is 12.1. The monoisotopic (exact) mass is 251 g/mol. The molecule has 2 aromatic rings. The summed E-state index contributed by atoms with van der Waals surface area (Å²) in [6, 6.07) is 7.06. The third kappa shape index (κ3) is 2.65. The highest BCUT2D eigenvalue weighted by atomic mass is 35.5. The number of hydrogen-bond acceptors (Lipinski definition) is 4. The van der Waals surface area contributed by atoms with Crippen LogP contribution in [0.4, 0.5) is 0 Å². The summed E-state index contributed by atoms with van der Waals surface area (Å²) in [5, 5.41) is 4.52. The molecule has 17 heavy (non-hydrogen) atoms. The molecule has 2 rings (SSSR count). The number of benzene rings is 1. The maximum atomic E-state index is 5.95. The smallest absolute Gasteiger partial charge is 0.258 e. The van der Waals surface area contributed by atoms with Gasteiger partial charge in [-0.2, -0.15) is 4.98 Å². The van der Waals surface area contributed by atoms with Gasteiger partial charge in [0.15, 0.2) is 5.82 Å². The van der Waals surface area contributed by atoms with E-state index in [0.717, 1.165) is 5.56 Å². The van der Waals surface area contributed by atoms with Crippen LogP contribution in [-0.4, -0.2) is 10.1 Å². The van der Waals surface area contributed by atoms with Gasteiger partial charge >= 0.3 is 0 Å². The largest absolute Gasteiger partial charge is 0.334 e. The molecule has 0 saturated carbocycles. The van der Waals surface area contributed by atoms with E-state index in [2.05, 4.69) is 10.1 Å². The second-order valence-electron chi connectivity index (χ2n) is 4.24. The van der Waals surface area contributed by atoms with Crippen LogP contribution in [0.3, 0.4) is 0 Å². The Hall–Kier alpha value is -1.39. The van der Waals surface area contributed by atoms with Crippen molar-refractivity contribution in [3.63, 3.8) is 0 Å². The van der Waals surface area contributed by atoms with Gasteiger partial charge in [-0.05, 0) is 24.1 Å². The van der Waals surface area contributed by atoms with Gasteiger partial charge in [-0.15, -0.1) is 0 Å². The summed E-state index contributed by atoms with van der Waals surface area (Å²) < 4.78 is 5.18. The summed E-state index contributed by atoms with van der Waals surface area (Å²) in [4.78, 5) is 4.28. The number of nitrogens with two attached hydrogens (primary N) is 1. The number of halogens is 1. The zero-order chi connectivity index (χ0) is 12.4. The van der Waals surface area contributed by atoms with E-state index in [1.165, 1.54) is 0 Å². The molecule has 1 heterocycles. The van der Waals surface area contributed by atoms with Gasteiger partial charge in [0.05, 0.1) is 6.04 Å². The fourth-order valence-corrected chi connectivity index (χ4v) is 1.60. The highest BCUT2D eigenvalue weighted by molar-refractivity contribution is 6.30. The van der Waals surface area contributed by atoms with Crippen molar-refractivity contribution in [2.24, 2.45) is 11.7 Å². The fraction of sp³-hybridized carbons (Fsp3) is 0.333. The Morgan fingerprint density at radius 2 is 2.12 bits per heavy atom. The SMILES string of the molecule is CC(C)C(N)c1noc(-c2cccc(Cl)c2)n1. The normalized spacial score (nSPS) is 13.0. The molecule has 0 spiro atoms. The molecule has 0 aliphatic heterocycles. The summed E-state index contributed by atoms with van der Waals surface area (Å²) in [5.74, 6) is 1.23. The maximum absolute atomic E-state index is 5.95. The topological polar surface area (TPSA) is 64.9 Å². The number of aromatic nitrogens is 2. The van der Waals surface area contributed by atoms with Crippen LogP contribution in [-0.2, 0) is 0 Å². The molecule has 0 saturated heterocycles. The number of nitrogens with zero attached hydrogens (tertiary/aromatic N) is 2. The number of hydrogen-bond donors (Lipinski definition) is 1. The van der Waals surface area contributed by atoms with Crippen molar-refractivity contribution < 1.29 is 4.52 Å². The van der Waals surface area contributed by atoms with E-state index in [1.54, 1.807) is 12.1 Å². The maximum Gasteiger partial charge on any atom is 0.258 e. The highest BCUT2D eigenvalue weighted by Gasteiger charge is 2.18. The van der Waals surface area contributed by atoms with E-state index < -0.39 is 0 Å². The summed E-state index contributed by atoms with van der Waals surface area (Å²) >= 11 is 5.90. The van der Waals surface area contributed by atoms with E-state index in [9.17, 15) is 0 Å². The van der Waals surface area contributed by atoms with Crippen LogP contribution in [0.1, 0.15) is 25.7 Å². The van der Waals surface area contributed by atoms with Gasteiger partial charge in [-0.25, -0.2) is 0 Å². The molecular weight excluding hydrogens is 238 g/mol. The Bertz CT molecular complexity index is 510. The van der Waals surface area contributed by atoms with Gasteiger partial charge in [0.25, 0.3) is 5.89 Å². The molecule has 0 aliphatic carbocycles. The van der Waals surface area contributed by atoms with Gasteiger partial charge in [0.2, 0.25) is 0 Å². The molecule has 0 aliphatic rings. The van der Waals surface area contributed by atoms with Gasteiger partial charge in [0, 0.05) is 10.6 Å². The predicted octanol–water partition coefficient (Wildman–Crippen LogP) is 3.05. The van der Waals surface area contributed by atoms with Crippen molar-refractivity contribution in [1.82, 2.24) is 10.1 Å². The average Bonchev–Trinajstić information content (AvgIpc) is 2.77. The van der Waals surface area contributed by atoms with Crippen LogP contribution < -0.4 is 5.73 Å². The lowest BCUT2D eigenvalue weighted by Gasteiger charge is -2.09. The van der Waals surface area contributed by atoms with Crippen molar-refractivity contribution in [2.75, 3.05) is 0 Å². The third-order valence-corrected chi connectivity index (χ3v) is 2.76. The summed E-state index contributed by atoms with van der Waals surface area (Å²) in [5.41, 5.74) is 6.75. The van der Waals surface area contributed by atoms with E-state index in [0.29, 0.717) is 16.7 Å². The minimum atomic E-state index is -0.216. The Kier molecular flexibility index (Phi) is 3.45. The Labute approximate surface area is 105 Å². The van der Waals surface area contributed by atoms with Crippen LogP contribution >= 0.6 is 11.6 Å². The van der Waals surface area contributed by atoms with Crippen molar-refractivity contribution in [3.8, 4) is 11.5 Å². The lowest BCUT2D eigenvalue weighted by atomic mass is 10.1. The van der Waals surface area contributed by atoms with Crippen LogP contribution in [0, 0.1) is 5.92 Å². The second kappa shape index (κ2) is 4.85. The first-order valence-corrected chi connectivity index (χ1v) is 5.81. The van der Waals surface area contributed by atoms with Gasteiger partial charge < -0.3 is 10.3 Å². The molecule has 5 heteroatoms. The Balaban J connectivity index is 2.30. The lowest BCUT2D eigenvalue weighted by molar-refractivity contribution is 0.400. The molecule has 90 valence electrons. The van der Waals surface area contributed by atoms with Crippen LogP contribution in [0.2, 0.25) is 5.02 Å². The molecule has 1 unspecified atom stereocenters.